The van der Waals surface area contributed by atoms with Crippen LogP contribution in [0.2, 0.25) is 0 Å². The number of rotatable bonds is 6. The molecule has 6 amide bonds. The van der Waals surface area contributed by atoms with Gasteiger partial charge in [-0.2, -0.15) is 0 Å². The zero-order valence-electron chi connectivity index (χ0n) is 38.6. The number of ether oxygens (including phenoxy) is 3. The highest BCUT2D eigenvalue weighted by Crippen LogP contribution is 2.30. The van der Waals surface area contributed by atoms with Crippen LogP contribution in [0.4, 0.5) is 0 Å². The molecule has 0 aromatic heterocycles. The van der Waals surface area contributed by atoms with Gasteiger partial charge in [0.2, 0.25) is 29.5 Å². The van der Waals surface area contributed by atoms with Crippen molar-refractivity contribution in [3.8, 4) is 0 Å². The maximum atomic E-state index is 14.4. The lowest BCUT2D eigenvalue weighted by Crippen LogP contribution is -2.59. The fourth-order valence-electron chi connectivity index (χ4n) is 7.97. The van der Waals surface area contributed by atoms with Crippen molar-refractivity contribution in [2.75, 3.05) is 6.61 Å². The quantitative estimate of drug-likeness (QED) is 0.178. The van der Waals surface area contributed by atoms with Crippen LogP contribution in [0.5, 0.6) is 0 Å². The number of aliphatic hydroxyl groups excluding tert-OH is 2. The highest BCUT2D eigenvalue weighted by molar-refractivity contribution is 5.93. The van der Waals surface area contributed by atoms with Gasteiger partial charge in [-0.15, -0.1) is 0 Å². The van der Waals surface area contributed by atoms with Gasteiger partial charge in [-0.3, -0.25) is 33.6 Å². The number of primary amides is 1. The predicted molar refractivity (Wildman–Crippen MR) is 237 cm³/mol. The van der Waals surface area contributed by atoms with Crippen LogP contribution < -0.4 is 32.3 Å². The van der Waals surface area contributed by atoms with Crippen molar-refractivity contribution in [1.29, 1.82) is 0 Å². The van der Waals surface area contributed by atoms with E-state index >= 15 is 0 Å². The molecule has 3 rings (SSSR count). The summed E-state index contributed by atoms with van der Waals surface area (Å²) < 4.78 is 18.3. The SMILES string of the molecule is CC(C)CC1NC(=O)COC2C/C=C/C=C/C=C/CC(O)CCCC(C)NC(=O)C(CCC(N)=O)NC(=O)C(C)(OC(=O)C3CC(CCC3O)NC(=O)C(C(C)C)NC1=O)OC(C)C2. The average Bonchev–Trinajstić information content (AvgIpc) is 3.20. The Kier molecular flexibility index (Phi) is 22.1. The molecule has 0 aromatic rings. The summed E-state index contributed by atoms with van der Waals surface area (Å²) in [6, 6.07) is -4.35. The molecular formula is C46H74N6O12. The third kappa shape index (κ3) is 18.4. The van der Waals surface area contributed by atoms with E-state index in [0.717, 1.165) is 0 Å². The van der Waals surface area contributed by atoms with Crippen molar-refractivity contribution in [2.45, 2.75) is 186 Å². The number of esters is 1. The van der Waals surface area contributed by atoms with E-state index in [1.54, 1.807) is 45.9 Å². The molecule has 3 aliphatic rings. The summed E-state index contributed by atoms with van der Waals surface area (Å²) in [5.41, 5.74) is 5.45. The van der Waals surface area contributed by atoms with Crippen LogP contribution in [0.15, 0.2) is 36.5 Å². The third-order valence-corrected chi connectivity index (χ3v) is 11.5. The van der Waals surface area contributed by atoms with Crippen molar-refractivity contribution in [2.24, 2.45) is 23.5 Å². The molecule has 1 saturated carbocycles. The molecular weight excluding hydrogens is 829 g/mol. The van der Waals surface area contributed by atoms with E-state index < -0.39 is 108 Å². The number of carbonyl (C=O) groups excluding carboxylic acids is 7. The van der Waals surface area contributed by atoms with Crippen LogP contribution in [-0.4, -0.2) is 119 Å². The van der Waals surface area contributed by atoms with Crippen molar-refractivity contribution < 1.29 is 58.0 Å². The fraction of sp³-hybridized carbons (Fsp3) is 0.717. The minimum atomic E-state index is -2.43. The Bertz CT molecular complexity index is 1690. The molecule has 0 spiro atoms. The highest BCUT2D eigenvalue weighted by Gasteiger charge is 2.46. The van der Waals surface area contributed by atoms with Crippen LogP contribution in [0.3, 0.4) is 0 Å². The summed E-state index contributed by atoms with van der Waals surface area (Å²) in [6.45, 7) is 11.5. The van der Waals surface area contributed by atoms with Crippen molar-refractivity contribution >= 4 is 41.4 Å². The molecule has 360 valence electrons. The Labute approximate surface area is 377 Å². The summed E-state index contributed by atoms with van der Waals surface area (Å²) >= 11 is 0. The molecule has 1 saturated heterocycles. The lowest BCUT2D eigenvalue weighted by atomic mass is 9.83. The average molecular weight is 903 g/mol. The van der Waals surface area contributed by atoms with Gasteiger partial charge in [0, 0.05) is 25.4 Å². The Morgan fingerprint density at radius 2 is 1.48 bits per heavy atom. The van der Waals surface area contributed by atoms with Gasteiger partial charge >= 0.3 is 5.97 Å². The Morgan fingerprint density at radius 3 is 2.14 bits per heavy atom. The smallest absolute Gasteiger partial charge is 0.314 e. The van der Waals surface area contributed by atoms with E-state index in [-0.39, 0.29) is 62.8 Å². The zero-order chi connectivity index (χ0) is 47.6. The number of aliphatic hydroxyl groups is 2. The Hall–Kier alpha value is -4.65. The summed E-state index contributed by atoms with van der Waals surface area (Å²) in [6.07, 6.45) is 9.79. The molecule has 18 heteroatoms. The molecule has 11 atom stereocenters. The van der Waals surface area contributed by atoms with E-state index in [9.17, 15) is 43.8 Å². The monoisotopic (exact) mass is 903 g/mol. The summed E-state index contributed by atoms with van der Waals surface area (Å²) in [5, 5.41) is 35.6. The van der Waals surface area contributed by atoms with Gasteiger partial charge in [0.05, 0.1) is 30.3 Å². The maximum absolute atomic E-state index is 14.4. The van der Waals surface area contributed by atoms with E-state index in [4.69, 9.17) is 19.9 Å². The van der Waals surface area contributed by atoms with E-state index in [1.807, 2.05) is 32.1 Å². The topological polar surface area (TPSA) is 274 Å². The first-order valence-electron chi connectivity index (χ1n) is 22.8. The first kappa shape index (κ1) is 53.7. The van der Waals surface area contributed by atoms with Gasteiger partial charge in [-0.05, 0) is 96.3 Å². The number of fused-ring (bicyclic) bond motifs is 6. The molecule has 2 fully saturated rings. The zero-order valence-corrected chi connectivity index (χ0v) is 38.6. The van der Waals surface area contributed by atoms with E-state index in [0.29, 0.717) is 32.1 Å². The van der Waals surface area contributed by atoms with Gasteiger partial charge in [0.1, 0.15) is 24.7 Å². The van der Waals surface area contributed by atoms with E-state index in [2.05, 4.69) is 26.6 Å². The lowest BCUT2D eigenvalue weighted by Gasteiger charge is -2.37. The largest absolute Gasteiger partial charge is 0.423 e. The molecule has 11 unspecified atom stereocenters. The minimum absolute atomic E-state index is 0.00721. The Balaban J connectivity index is 2.11. The number of nitrogens with two attached hydrogens (primary N) is 1. The van der Waals surface area contributed by atoms with Crippen molar-refractivity contribution in [3.63, 3.8) is 0 Å². The maximum Gasteiger partial charge on any atom is 0.314 e. The summed E-state index contributed by atoms with van der Waals surface area (Å²) in [7, 11) is 0. The Morgan fingerprint density at radius 1 is 0.812 bits per heavy atom. The van der Waals surface area contributed by atoms with Gasteiger partial charge in [-0.1, -0.05) is 64.2 Å². The second kappa shape index (κ2) is 26.3. The molecule has 9 N–H and O–H groups in total. The summed E-state index contributed by atoms with van der Waals surface area (Å²) in [5.74, 6) is -9.07. The second-order valence-electron chi connectivity index (χ2n) is 18.4. The molecule has 4 bridgehead atoms. The normalized spacial score (nSPS) is 34.6. The van der Waals surface area contributed by atoms with Crippen molar-refractivity contribution in [3.05, 3.63) is 36.5 Å². The first-order valence-corrected chi connectivity index (χ1v) is 22.8. The van der Waals surface area contributed by atoms with Crippen LogP contribution in [-0.2, 0) is 47.8 Å². The summed E-state index contributed by atoms with van der Waals surface area (Å²) in [4.78, 5) is 95.2. The molecule has 64 heavy (non-hydrogen) atoms. The van der Waals surface area contributed by atoms with Crippen LogP contribution >= 0.6 is 0 Å². The molecule has 2 aliphatic heterocycles. The number of allylic oxidation sites excluding steroid dienone is 4. The molecule has 0 aromatic carbocycles. The number of hydrogen-bond donors (Lipinski definition) is 8. The van der Waals surface area contributed by atoms with Crippen LogP contribution in [0.1, 0.15) is 126 Å². The molecule has 1 aliphatic carbocycles. The number of carbonyl (C=O) groups is 7. The number of hydrogen-bond acceptors (Lipinski definition) is 12. The van der Waals surface area contributed by atoms with Gasteiger partial charge in [0.15, 0.2) is 0 Å². The van der Waals surface area contributed by atoms with E-state index in [1.165, 1.54) is 6.92 Å². The molecule has 18 nitrogen and oxygen atoms in total. The third-order valence-electron chi connectivity index (χ3n) is 11.5. The second-order valence-corrected chi connectivity index (χ2v) is 18.4. The number of amides is 6. The number of nitrogens with one attached hydrogen (secondary N) is 5. The van der Waals surface area contributed by atoms with Gasteiger partial charge in [-0.25, -0.2) is 0 Å². The van der Waals surface area contributed by atoms with Gasteiger partial charge in [0.25, 0.3) is 11.7 Å². The van der Waals surface area contributed by atoms with Gasteiger partial charge < -0.3 is 56.7 Å². The van der Waals surface area contributed by atoms with Crippen LogP contribution in [0.25, 0.3) is 0 Å². The standard InChI is InChI=1S/C46H74N6O12/c1-27(2)23-36-42(58)52-40(28(3)4)43(59)49-31-19-21-37(54)34(25-31)44(60)64-46(7)45(61)51-35(20-22-38(47)55)41(57)48-29(5)15-14-17-32(53)16-12-10-8-9-11-13-18-33(24-30(6)63-46)62-26-39(56)50-36/h8-13,27-37,40,53-54H,14-26H2,1-7H3,(H2,47,55)(H,48,57)(H,49,59)(H,50,56)(H,51,61)(H,52,58)/b9-8+,12-10+,13-11+. The minimum Gasteiger partial charge on any atom is -0.423 e. The van der Waals surface area contributed by atoms with Crippen LogP contribution in [0, 0.1) is 17.8 Å². The van der Waals surface area contributed by atoms with Crippen molar-refractivity contribution in [1.82, 2.24) is 26.6 Å². The molecule has 0 radical (unpaired) electrons. The lowest BCUT2D eigenvalue weighted by molar-refractivity contribution is -0.241. The predicted octanol–water partition coefficient (Wildman–Crippen LogP) is 2.01. The molecule has 2 heterocycles. The first-order chi connectivity index (χ1) is 30.2. The highest BCUT2D eigenvalue weighted by atomic mass is 16.7. The fourth-order valence-corrected chi connectivity index (χ4v) is 7.97.